The molecular formula is C23H25N5OS. The van der Waals surface area contributed by atoms with E-state index in [2.05, 4.69) is 48.2 Å². The van der Waals surface area contributed by atoms with Crippen molar-refractivity contribution in [1.82, 2.24) is 19.5 Å². The first-order chi connectivity index (χ1) is 14.4. The van der Waals surface area contributed by atoms with E-state index in [1.165, 1.54) is 5.56 Å². The van der Waals surface area contributed by atoms with Gasteiger partial charge in [0.25, 0.3) is 0 Å². The molecule has 0 saturated carbocycles. The van der Waals surface area contributed by atoms with Crippen molar-refractivity contribution in [3.05, 3.63) is 65.2 Å². The zero-order valence-electron chi connectivity index (χ0n) is 17.8. The highest BCUT2D eigenvalue weighted by atomic mass is 32.1. The summed E-state index contributed by atoms with van der Waals surface area (Å²) in [7, 11) is 1.72. The number of aryl methyl sites for hydroxylation is 2. The van der Waals surface area contributed by atoms with Crippen molar-refractivity contribution < 1.29 is 4.74 Å². The summed E-state index contributed by atoms with van der Waals surface area (Å²) in [5.41, 5.74) is 6.19. The number of imidazole rings is 1. The normalized spacial score (nSPS) is 11.1. The van der Waals surface area contributed by atoms with Crippen LogP contribution in [0.15, 0.2) is 48.4 Å². The Labute approximate surface area is 180 Å². The number of nitrogens with zero attached hydrogens (tertiary/aromatic N) is 4. The average molecular weight is 420 g/mol. The van der Waals surface area contributed by atoms with Crippen LogP contribution in [-0.2, 0) is 0 Å². The van der Waals surface area contributed by atoms with Crippen molar-refractivity contribution in [2.24, 2.45) is 0 Å². The minimum absolute atomic E-state index is 0.372. The molecule has 0 fully saturated rings. The van der Waals surface area contributed by atoms with Gasteiger partial charge in [-0.15, -0.1) is 11.3 Å². The van der Waals surface area contributed by atoms with E-state index in [0.29, 0.717) is 5.92 Å². The molecule has 0 aliphatic rings. The summed E-state index contributed by atoms with van der Waals surface area (Å²) in [6, 6.07) is 8.24. The number of pyridine rings is 1. The zero-order valence-corrected chi connectivity index (χ0v) is 18.6. The van der Waals surface area contributed by atoms with Gasteiger partial charge in [-0.1, -0.05) is 13.8 Å². The molecule has 3 heterocycles. The number of ether oxygens (including phenoxy) is 1. The Bertz CT molecular complexity index is 1160. The Hall–Kier alpha value is -3.19. The minimum atomic E-state index is 0.372. The first-order valence-corrected chi connectivity index (χ1v) is 10.7. The predicted octanol–water partition coefficient (Wildman–Crippen LogP) is 5.88. The van der Waals surface area contributed by atoms with Crippen molar-refractivity contribution in [2.75, 3.05) is 12.4 Å². The Balaban J connectivity index is 1.55. The van der Waals surface area contributed by atoms with E-state index < -0.39 is 0 Å². The number of aromatic nitrogens is 4. The van der Waals surface area contributed by atoms with Gasteiger partial charge < -0.3 is 10.1 Å². The number of anilines is 2. The summed E-state index contributed by atoms with van der Waals surface area (Å²) in [5, 5.41) is 6.36. The fourth-order valence-corrected chi connectivity index (χ4v) is 4.01. The van der Waals surface area contributed by atoms with Gasteiger partial charge in [-0.2, -0.15) is 0 Å². The fourth-order valence-electron chi connectivity index (χ4n) is 3.28. The maximum Gasteiger partial charge on any atom is 0.187 e. The Morgan fingerprint density at radius 2 is 1.97 bits per heavy atom. The second kappa shape index (κ2) is 8.28. The maximum absolute atomic E-state index is 5.54. The lowest BCUT2D eigenvalue weighted by Crippen LogP contribution is -1.99. The van der Waals surface area contributed by atoms with Crippen LogP contribution in [0.5, 0.6) is 5.75 Å². The Kier molecular flexibility index (Phi) is 5.55. The van der Waals surface area contributed by atoms with Crippen molar-refractivity contribution in [2.45, 2.75) is 33.6 Å². The van der Waals surface area contributed by atoms with Crippen LogP contribution in [0.25, 0.3) is 17.1 Å². The highest BCUT2D eigenvalue weighted by Gasteiger charge is 2.13. The van der Waals surface area contributed by atoms with Gasteiger partial charge in [-0.05, 0) is 55.2 Å². The second-order valence-electron chi connectivity index (χ2n) is 7.55. The lowest BCUT2D eigenvalue weighted by molar-refractivity contribution is 0.407. The highest BCUT2D eigenvalue weighted by molar-refractivity contribution is 7.14. The minimum Gasteiger partial charge on any atom is -0.496 e. The van der Waals surface area contributed by atoms with Crippen molar-refractivity contribution >= 4 is 22.2 Å². The topological polar surface area (TPSA) is 64.9 Å². The number of nitrogens with one attached hydrogen (secondary N) is 1. The van der Waals surface area contributed by atoms with Crippen molar-refractivity contribution in [1.29, 1.82) is 0 Å². The van der Waals surface area contributed by atoms with Crippen LogP contribution in [0, 0.1) is 13.8 Å². The number of rotatable bonds is 6. The van der Waals surface area contributed by atoms with Gasteiger partial charge in [0.05, 0.1) is 18.5 Å². The molecule has 0 aliphatic heterocycles. The third-order valence-electron chi connectivity index (χ3n) is 4.96. The molecular weight excluding hydrogens is 394 g/mol. The number of methoxy groups -OCH3 is 1. The summed E-state index contributed by atoms with van der Waals surface area (Å²) in [4.78, 5) is 13.6. The maximum atomic E-state index is 5.54. The van der Waals surface area contributed by atoms with Gasteiger partial charge in [0.1, 0.15) is 17.9 Å². The van der Waals surface area contributed by atoms with Crippen LogP contribution in [0.1, 0.15) is 36.6 Å². The zero-order chi connectivity index (χ0) is 21.3. The molecule has 6 nitrogen and oxygen atoms in total. The third-order valence-corrected chi connectivity index (χ3v) is 5.72. The van der Waals surface area contributed by atoms with E-state index in [0.717, 1.165) is 44.9 Å². The molecule has 0 saturated heterocycles. The van der Waals surface area contributed by atoms with Gasteiger partial charge in [-0.3, -0.25) is 4.57 Å². The third kappa shape index (κ3) is 4.07. The van der Waals surface area contributed by atoms with E-state index in [4.69, 9.17) is 9.72 Å². The molecule has 0 amide bonds. The molecule has 0 spiro atoms. The first kappa shape index (κ1) is 20.1. The van der Waals surface area contributed by atoms with E-state index in [9.17, 15) is 0 Å². The highest BCUT2D eigenvalue weighted by Crippen LogP contribution is 2.34. The fraction of sp³-hybridized carbons (Fsp3) is 0.261. The SMILES string of the molecule is COc1cc(C)c(Nc2nc(-c3ccc(-n4cnc(C)c4)nc3)cs2)cc1C(C)C. The van der Waals surface area contributed by atoms with Crippen molar-refractivity contribution in [3.8, 4) is 22.8 Å². The lowest BCUT2D eigenvalue weighted by Gasteiger charge is -2.16. The summed E-state index contributed by atoms with van der Waals surface area (Å²) in [6.07, 6.45) is 5.57. The van der Waals surface area contributed by atoms with Gasteiger partial charge >= 0.3 is 0 Å². The second-order valence-corrected chi connectivity index (χ2v) is 8.41. The summed E-state index contributed by atoms with van der Waals surface area (Å²) in [6.45, 7) is 8.37. The predicted molar refractivity (Wildman–Crippen MR) is 122 cm³/mol. The van der Waals surface area contributed by atoms with E-state index in [-0.39, 0.29) is 0 Å². The van der Waals surface area contributed by atoms with Crippen LogP contribution in [0.3, 0.4) is 0 Å². The monoisotopic (exact) mass is 419 g/mol. The largest absolute Gasteiger partial charge is 0.496 e. The van der Waals surface area contributed by atoms with Crippen LogP contribution in [-0.4, -0.2) is 26.6 Å². The summed E-state index contributed by atoms with van der Waals surface area (Å²) < 4.78 is 7.45. The molecule has 4 rings (SSSR count). The summed E-state index contributed by atoms with van der Waals surface area (Å²) >= 11 is 1.58. The molecule has 0 atom stereocenters. The van der Waals surface area contributed by atoms with Gasteiger partial charge in [-0.25, -0.2) is 15.0 Å². The van der Waals surface area contributed by atoms with Crippen LogP contribution >= 0.6 is 11.3 Å². The molecule has 0 radical (unpaired) electrons. The van der Waals surface area contributed by atoms with Crippen LogP contribution in [0.2, 0.25) is 0 Å². The molecule has 0 bridgehead atoms. The first-order valence-electron chi connectivity index (χ1n) is 9.83. The quantitative estimate of drug-likeness (QED) is 0.422. The smallest absolute Gasteiger partial charge is 0.187 e. The van der Waals surface area contributed by atoms with E-state index in [1.54, 1.807) is 24.8 Å². The molecule has 0 unspecified atom stereocenters. The molecule has 1 N–H and O–H groups in total. The molecule has 0 aliphatic carbocycles. The molecule has 3 aromatic heterocycles. The van der Waals surface area contributed by atoms with E-state index >= 15 is 0 Å². The molecule has 1 aromatic carbocycles. The standard InChI is InChI=1S/C23H25N5OS/c1-14(2)18-9-19(15(3)8-21(18)29-5)26-23-27-20(12-30-23)17-6-7-22(24-10-17)28-11-16(4)25-13-28/h6-14H,1-5H3,(H,26,27). The van der Waals surface area contributed by atoms with Gasteiger partial charge in [0.2, 0.25) is 0 Å². The Morgan fingerprint density at radius 3 is 2.60 bits per heavy atom. The average Bonchev–Trinajstić information content (AvgIpc) is 3.38. The van der Waals surface area contributed by atoms with Gasteiger partial charge in [0, 0.05) is 29.0 Å². The molecule has 7 heteroatoms. The van der Waals surface area contributed by atoms with Gasteiger partial charge in [0.15, 0.2) is 5.13 Å². The number of benzene rings is 1. The molecule has 4 aromatic rings. The molecule has 154 valence electrons. The van der Waals surface area contributed by atoms with E-state index in [1.807, 2.05) is 41.4 Å². The van der Waals surface area contributed by atoms with Crippen molar-refractivity contribution in [3.63, 3.8) is 0 Å². The molecule has 30 heavy (non-hydrogen) atoms. The summed E-state index contributed by atoms with van der Waals surface area (Å²) in [5.74, 6) is 2.13. The lowest BCUT2D eigenvalue weighted by atomic mass is 9.99. The van der Waals surface area contributed by atoms with Crippen LogP contribution < -0.4 is 10.1 Å². The Morgan fingerprint density at radius 1 is 1.13 bits per heavy atom. The number of thiazole rings is 1. The number of hydrogen-bond acceptors (Lipinski definition) is 6. The van der Waals surface area contributed by atoms with Crippen LogP contribution in [0.4, 0.5) is 10.8 Å². The number of hydrogen-bond donors (Lipinski definition) is 1.